The Morgan fingerprint density at radius 3 is 2.38 bits per heavy atom. The zero-order valence-corrected chi connectivity index (χ0v) is 13.4. The van der Waals surface area contributed by atoms with Gasteiger partial charge in [-0.25, -0.2) is 0 Å². The van der Waals surface area contributed by atoms with Gasteiger partial charge in [0.25, 0.3) is 0 Å². The van der Waals surface area contributed by atoms with E-state index in [1.54, 1.807) is 14.2 Å². The van der Waals surface area contributed by atoms with Crippen molar-refractivity contribution in [2.24, 2.45) is 5.92 Å². The molecule has 118 valence electrons. The molecule has 0 bridgehead atoms. The average molecular weight is 293 g/mol. The first kappa shape index (κ1) is 16.0. The van der Waals surface area contributed by atoms with Crippen LogP contribution in [0.25, 0.3) is 0 Å². The topological polar surface area (TPSA) is 39.7 Å². The standard InChI is InChI=1S/C17H27NO3/c1-13-7-4-5-8-14(13)18-11-12-21-17-15(19-2)9-6-10-16(17)20-3/h6,9-10,13-14,18H,4-5,7-8,11-12H2,1-3H3. The van der Waals surface area contributed by atoms with Gasteiger partial charge in [-0.3, -0.25) is 0 Å². The minimum Gasteiger partial charge on any atom is -0.493 e. The number of methoxy groups -OCH3 is 2. The van der Waals surface area contributed by atoms with Crippen LogP contribution in [-0.2, 0) is 0 Å². The van der Waals surface area contributed by atoms with Crippen molar-refractivity contribution in [3.8, 4) is 17.2 Å². The van der Waals surface area contributed by atoms with Gasteiger partial charge in [0.2, 0.25) is 5.75 Å². The average Bonchev–Trinajstić information content (AvgIpc) is 2.52. The smallest absolute Gasteiger partial charge is 0.203 e. The molecule has 1 aromatic rings. The van der Waals surface area contributed by atoms with E-state index in [4.69, 9.17) is 14.2 Å². The molecular formula is C17H27NO3. The van der Waals surface area contributed by atoms with Crippen LogP contribution in [0.15, 0.2) is 18.2 Å². The number of benzene rings is 1. The summed E-state index contributed by atoms with van der Waals surface area (Å²) in [6, 6.07) is 6.29. The van der Waals surface area contributed by atoms with Crippen molar-refractivity contribution in [1.29, 1.82) is 0 Å². The highest BCUT2D eigenvalue weighted by atomic mass is 16.5. The van der Waals surface area contributed by atoms with Gasteiger partial charge in [-0.1, -0.05) is 25.8 Å². The van der Waals surface area contributed by atoms with Crippen LogP contribution in [0.1, 0.15) is 32.6 Å². The molecule has 2 atom stereocenters. The van der Waals surface area contributed by atoms with E-state index in [1.165, 1.54) is 25.7 Å². The summed E-state index contributed by atoms with van der Waals surface area (Å²) >= 11 is 0. The molecule has 4 nitrogen and oxygen atoms in total. The van der Waals surface area contributed by atoms with Gasteiger partial charge in [-0.15, -0.1) is 0 Å². The molecule has 0 aromatic heterocycles. The van der Waals surface area contributed by atoms with E-state index < -0.39 is 0 Å². The monoisotopic (exact) mass is 293 g/mol. The molecule has 4 heteroatoms. The molecule has 0 radical (unpaired) electrons. The summed E-state index contributed by atoms with van der Waals surface area (Å²) in [4.78, 5) is 0. The van der Waals surface area contributed by atoms with Crippen molar-refractivity contribution in [1.82, 2.24) is 5.32 Å². The summed E-state index contributed by atoms with van der Waals surface area (Å²) in [7, 11) is 3.28. The third-order valence-electron chi connectivity index (χ3n) is 4.25. The lowest BCUT2D eigenvalue weighted by atomic mass is 9.86. The van der Waals surface area contributed by atoms with Gasteiger partial charge in [-0.2, -0.15) is 0 Å². The molecule has 0 saturated heterocycles. The summed E-state index contributed by atoms with van der Waals surface area (Å²) < 4.78 is 16.5. The van der Waals surface area contributed by atoms with Crippen LogP contribution in [-0.4, -0.2) is 33.4 Å². The summed E-state index contributed by atoms with van der Waals surface area (Å²) in [6.45, 7) is 3.79. The second kappa shape index (κ2) is 8.13. The number of para-hydroxylation sites is 1. The Kier molecular flexibility index (Phi) is 6.18. The predicted molar refractivity (Wildman–Crippen MR) is 84.5 cm³/mol. The van der Waals surface area contributed by atoms with Crippen LogP contribution in [0.4, 0.5) is 0 Å². The van der Waals surface area contributed by atoms with Gasteiger partial charge in [0.15, 0.2) is 11.5 Å². The number of rotatable bonds is 7. The van der Waals surface area contributed by atoms with E-state index in [0.29, 0.717) is 29.9 Å². The molecule has 21 heavy (non-hydrogen) atoms. The fourth-order valence-corrected chi connectivity index (χ4v) is 2.98. The van der Waals surface area contributed by atoms with E-state index in [-0.39, 0.29) is 0 Å². The molecule has 1 saturated carbocycles. The van der Waals surface area contributed by atoms with Crippen molar-refractivity contribution in [2.45, 2.75) is 38.6 Å². The zero-order chi connectivity index (χ0) is 15.1. The van der Waals surface area contributed by atoms with Crippen LogP contribution in [0.3, 0.4) is 0 Å². The summed E-state index contributed by atoms with van der Waals surface area (Å²) in [5.41, 5.74) is 0. The highest BCUT2D eigenvalue weighted by Gasteiger charge is 2.20. The molecule has 1 N–H and O–H groups in total. The third kappa shape index (κ3) is 4.27. The van der Waals surface area contributed by atoms with Crippen molar-refractivity contribution >= 4 is 0 Å². The largest absolute Gasteiger partial charge is 0.493 e. The second-order valence-corrected chi connectivity index (χ2v) is 5.66. The molecule has 2 rings (SSSR count). The molecule has 1 fully saturated rings. The number of hydrogen-bond donors (Lipinski definition) is 1. The van der Waals surface area contributed by atoms with Gasteiger partial charge >= 0.3 is 0 Å². The van der Waals surface area contributed by atoms with E-state index in [9.17, 15) is 0 Å². The van der Waals surface area contributed by atoms with Gasteiger partial charge in [0.05, 0.1) is 14.2 Å². The first-order chi connectivity index (χ1) is 10.3. The Morgan fingerprint density at radius 2 is 1.76 bits per heavy atom. The lowest BCUT2D eigenvalue weighted by Crippen LogP contribution is -2.39. The van der Waals surface area contributed by atoms with Crippen LogP contribution < -0.4 is 19.5 Å². The molecule has 0 heterocycles. The Labute approximate surface area is 127 Å². The Morgan fingerprint density at radius 1 is 1.10 bits per heavy atom. The van der Waals surface area contributed by atoms with Gasteiger partial charge in [0.1, 0.15) is 6.61 Å². The molecule has 1 aliphatic rings. The lowest BCUT2D eigenvalue weighted by Gasteiger charge is -2.29. The Hall–Kier alpha value is -1.42. The van der Waals surface area contributed by atoms with Gasteiger partial charge in [-0.05, 0) is 30.9 Å². The molecule has 0 aliphatic heterocycles. The van der Waals surface area contributed by atoms with Crippen LogP contribution in [0.5, 0.6) is 17.2 Å². The maximum atomic E-state index is 5.86. The summed E-state index contributed by atoms with van der Waals surface area (Å²) in [5, 5.41) is 3.61. The number of hydrogen-bond acceptors (Lipinski definition) is 4. The fraction of sp³-hybridized carbons (Fsp3) is 0.647. The lowest BCUT2D eigenvalue weighted by molar-refractivity contribution is 0.239. The maximum Gasteiger partial charge on any atom is 0.203 e. The SMILES string of the molecule is COc1cccc(OC)c1OCCNC1CCCCC1C. The molecule has 1 aliphatic carbocycles. The third-order valence-corrected chi connectivity index (χ3v) is 4.25. The second-order valence-electron chi connectivity index (χ2n) is 5.66. The number of ether oxygens (including phenoxy) is 3. The van der Waals surface area contributed by atoms with Crippen LogP contribution in [0.2, 0.25) is 0 Å². The van der Waals surface area contributed by atoms with Gasteiger partial charge in [0, 0.05) is 12.6 Å². The number of nitrogens with one attached hydrogen (secondary N) is 1. The van der Waals surface area contributed by atoms with Crippen LogP contribution in [0, 0.1) is 5.92 Å². The van der Waals surface area contributed by atoms with Crippen molar-refractivity contribution in [2.75, 3.05) is 27.4 Å². The van der Waals surface area contributed by atoms with Crippen molar-refractivity contribution in [3.05, 3.63) is 18.2 Å². The molecule has 2 unspecified atom stereocenters. The quantitative estimate of drug-likeness (QED) is 0.783. The minimum atomic E-state index is 0.611. The van der Waals surface area contributed by atoms with Gasteiger partial charge < -0.3 is 19.5 Å². The molecule has 0 spiro atoms. The minimum absolute atomic E-state index is 0.611. The van der Waals surface area contributed by atoms with E-state index in [0.717, 1.165) is 12.5 Å². The van der Waals surface area contributed by atoms with E-state index in [1.807, 2.05) is 18.2 Å². The molecular weight excluding hydrogens is 266 g/mol. The fourth-order valence-electron chi connectivity index (χ4n) is 2.98. The zero-order valence-electron chi connectivity index (χ0n) is 13.4. The predicted octanol–water partition coefficient (Wildman–Crippen LogP) is 3.25. The normalized spacial score (nSPS) is 21.9. The van der Waals surface area contributed by atoms with Crippen molar-refractivity contribution < 1.29 is 14.2 Å². The van der Waals surface area contributed by atoms with E-state index in [2.05, 4.69) is 12.2 Å². The Bertz CT molecular complexity index is 414. The highest BCUT2D eigenvalue weighted by molar-refractivity contribution is 5.51. The summed E-state index contributed by atoms with van der Waals surface area (Å²) in [6.07, 6.45) is 5.31. The van der Waals surface area contributed by atoms with Crippen molar-refractivity contribution in [3.63, 3.8) is 0 Å². The molecule has 0 amide bonds. The first-order valence-corrected chi connectivity index (χ1v) is 7.83. The van der Waals surface area contributed by atoms with Crippen LogP contribution >= 0.6 is 0 Å². The molecule has 1 aromatic carbocycles. The Balaban J connectivity index is 1.83. The maximum absolute atomic E-state index is 5.86. The van der Waals surface area contributed by atoms with E-state index >= 15 is 0 Å². The summed E-state index contributed by atoms with van der Waals surface area (Å²) in [5.74, 6) is 2.86. The highest BCUT2D eigenvalue weighted by Crippen LogP contribution is 2.36. The first-order valence-electron chi connectivity index (χ1n) is 7.83.